The molecule has 33 heavy (non-hydrogen) atoms. The Morgan fingerprint density at radius 3 is 2.88 bits per heavy atom. The van der Waals surface area contributed by atoms with Crippen LogP contribution < -0.4 is 5.32 Å². The van der Waals surface area contributed by atoms with Gasteiger partial charge in [-0.25, -0.2) is 9.37 Å². The lowest BCUT2D eigenvalue weighted by atomic mass is 9.90. The fraction of sp³-hybridized carbons (Fsp3) is 0.320. The molecule has 5 rings (SSSR count). The molecular formula is C25H27FN6O. The Kier molecular flexibility index (Phi) is 5.55. The van der Waals surface area contributed by atoms with E-state index in [1.165, 1.54) is 11.6 Å². The van der Waals surface area contributed by atoms with Gasteiger partial charge in [-0.3, -0.25) is 9.89 Å². The summed E-state index contributed by atoms with van der Waals surface area (Å²) >= 11 is 0. The van der Waals surface area contributed by atoms with Gasteiger partial charge in [0.05, 0.1) is 28.5 Å². The topological polar surface area (TPSA) is 77.1 Å². The zero-order valence-corrected chi connectivity index (χ0v) is 19.1. The summed E-state index contributed by atoms with van der Waals surface area (Å²) in [7, 11) is 5.93. The molecule has 0 unspecified atom stereocenters. The van der Waals surface area contributed by atoms with Crippen LogP contribution in [0.25, 0.3) is 33.1 Å². The minimum atomic E-state index is -0.542. The van der Waals surface area contributed by atoms with Crippen LogP contribution in [0.1, 0.15) is 21.5 Å². The van der Waals surface area contributed by atoms with E-state index < -0.39 is 11.7 Å². The third-order valence-electron chi connectivity index (χ3n) is 6.29. The molecule has 8 heteroatoms. The number of H-pyrrole nitrogens is 1. The molecule has 0 atom stereocenters. The first-order valence-electron chi connectivity index (χ1n) is 11.1. The lowest BCUT2D eigenvalue weighted by molar-refractivity contribution is 0.0947. The van der Waals surface area contributed by atoms with Crippen molar-refractivity contribution in [2.45, 2.75) is 13.0 Å². The van der Waals surface area contributed by atoms with Crippen molar-refractivity contribution in [3.8, 4) is 11.3 Å². The molecule has 3 heterocycles. The standard InChI is InChI=1S/C25H27FN6O/c1-31(2)11-9-27-25(33)17-5-4-15(12-20(17)26)24-19-14-32(3)10-8-16(19)23-18-13-28-30-21(18)6-7-22(23)29-24/h4-7,12-13H,8-11,14H2,1-3H3,(H,27,33)(H,28,30). The Labute approximate surface area is 191 Å². The number of amides is 1. The van der Waals surface area contributed by atoms with Gasteiger partial charge in [-0.05, 0) is 63.0 Å². The van der Waals surface area contributed by atoms with E-state index in [1.54, 1.807) is 12.1 Å². The van der Waals surface area contributed by atoms with Gasteiger partial charge >= 0.3 is 0 Å². The van der Waals surface area contributed by atoms with E-state index in [1.807, 2.05) is 37.3 Å². The van der Waals surface area contributed by atoms with Gasteiger partial charge in [0.2, 0.25) is 0 Å². The second kappa shape index (κ2) is 8.53. The van der Waals surface area contributed by atoms with E-state index in [0.29, 0.717) is 18.7 Å². The molecule has 0 saturated carbocycles. The van der Waals surface area contributed by atoms with Gasteiger partial charge in [0, 0.05) is 42.5 Å². The highest BCUT2D eigenvalue weighted by molar-refractivity contribution is 6.07. The molecule has 0 fully saturated rings. The third-order valence-corrected chi connectivity index (χ3v) is 6.29. The van der Waals surface area contributed by atoms with Crippen molar-refractivity contribution in [1.82, 2.24) is 30.3 Å². The summed E-state index contributed by atoms with van der Waals surface area (Å²) in [6.07, 6.45) is 2.73. The zero-order chi connectivity index (χ0) is 23.1. The van der Waals surface area contributed by atoms with Crippen molar-refractivity contribution < 1.29 is 9.18 Å². The lowest BCUT2D eigenvalue weighted by Crippen LogP contribution is -2.31. The summed E-state index contributed by atoms with van der Waals surface area (Å²) in [5.74, 6) is -0.948. The SMILES string of the molecule is CN(C)CCNC(=O)c1ccc(-c2nc3ccc4[nH]ncc4c3c3c2CN(C)CC3)cc1F. The molecule has 1 amide bonds. The van der Waals surface area contributed by atoms with Crippen molar-refractivity contribution in [2.24, 2.45) is 0 Å². The number of halogens is 1. The predicted octanol–water partition coefficient (Wildman–Crippen LogP) is 3.20. The van der Waals surface area contributed by atoms with Gasteiger partial charge in [-0.1, -0.05) is 6.07 Å². The van der Waals surface area contributed by atoms with E-state index >= 15 is 4.39 Å². The molecule has 2 aromatic carbocycles. The molecular weight excluding hydrogens is 419 g/mol. The summed E-state index contributed by atoms with van der Waals surface area (Å²) < 4.78 is 15.0. The number of carbonyl (C=O) groups excluding carboxylic acids is 1. The van der Waals surface area contributed by atoms with Crippen molar-refractivity contribution in [3.05, 3.63) is 59.0 Å². The Morgan fingerprint density at radius 2 is 2.09 bits per heavy atom. The molecule has 0 saturated heterocycles. The van der Waals surface area contributed by atoms with Crippen molar-refractivity contribution in [3.63, 3.8) is 0 Å². The third kappa shape index (κ3) is 3.96. The van der Waals surface area contributed by atoms with Crippen LogP contribution >= 0.6 is 0 Å². The van der Waals surface area contributed by atoms with Gasteiger partial charge in [0.1, 0.15) is 5.82 Å². The Bertz CT molecular complexity index is 1360. The predicted molar refractivity (Wildman–Crippen MR) is 128 cm³/mol. The van der Waals surface area contributed by atoms with Gasteiger partial charge < -0.3 is 15.1 Å². The van der Waals surface area contributed by atoms with Gasteiger partial charge in [-0.2, -0.15) is 5.10 Å². The Hall–Kier alpha value is -3.36. The summed E-state index contributed by atoms with van der Waals surface area (Å²) in [6, 6.07) is 8.74. The smallest absolute Gasteiger partial charge is 0.254 e. The molecule has 4 aromatic rings. The second-order valence-corrected chi connectivity index (χ2v) is 8.95. The molecule has 7 nitrogen and oxygen atoms in total. The first-order valence-corrected chi connectivity index (χ1v) is 11.1. The lowest BCUT2D eigenvalue weighted by Gasteiger charge is -2.28. The van der Waals surface area contributed by atoms with Crippen LogP contribution in [0.3, 0.4) is 0 Å². The molecule has 2 N–H and O–H groups in total. The number of nitrogens with zero attached hydrogens (tertiary/aromatic N) is 4. The molecule has 1 aliphatic rings. The number of aromatic amines is 1. The quantitative estimate of drug-likeness (QED) is 0.492. The number of benzene rings is 2. The van der Waals surface area contributed by atoms with Crippen LogP contribution in [0.15, 0.2) is 36.5 Å². The monoisotopic (exact) mass is 446 g/mol. The van der Waals surface area contributed by atoms with Gasteiger partial charge in [0.25, 0.3) is 5.91 Å². The van der Waals surface area contributed by atoms with Gasteiger partial charge in [-0.15, -0.1) is 0 Å². The molecule has 0 bridgehead atoms. The van der Waals surface area contributed by atoms with E-state index in [4.69, 9.17) is 4.98 Å². The van der Waals surface area contributed by atoms with Gasteiger partial charge in [0.15, 0.2) is 0 Å². The van der Waals surface area contributed by atoms with Crippen LogP contribution in [0.4, 0.5) is 4.39 Å². The highest BCUT2D eigenvalue weighted by atomic mass is 19.1. The molecule has 170 valence electrons. The van der Waals surface area contributed by atoms with Crippen LogP contribution in [0.2, 0.25) is 0 Å². The second-order valence-electron chi connectivity index (χ2n) is 8.95. The maximum atomic E-state index is 15.0. The average Bonchev–Trinajstić information content (AvgIpc) is 3.26. The fourth-order valence-electron chi connectivity index (χ4n) is 4.57. The van der Waals surface area contributed by atoms with E-state index in [2.05, 4.69) is 27.5 Å². The van der Waals surface area contributed by atoms with Crippen molar-refractivity contribution >= 4 is 27.7 Å². The number of aromatic nitrogens is 3. The Morgan fingerprint density at radius 1 is 1.24 bits per heavy atom. The normalized spacial score (nSPS) is 14.2. The average molecular weight is 447 g/mol. The molecule has 2 aromatic heterocycles. The summed E-state index contributed by atoms with van der Waals surface area (Å²) in [4.78, 5) is 21.6. The fourth-order valence-corrected chi connectivity index (χ4v) is 4.57. The number of rotatable bonds is 5. The van der Waals surface area contributed by atoms with E-state index in [-0.39, 0.29) is 5.56 Å². The van der Waals surface area contributed by atoms with Crippen molar-refractivity contribution in [1.29, 1.82) is 0 Å². The first-order chi connectivity index (χ1) is 15.9. The van der Waals surface area contributed by atoms with Crippen LogP contribution in [0, 0.1) is 5.82 Å². The van der Waals surface area contributed by atoms with Crippen LogP contribution in [0.5, 0.6) is 0 Å². The number of fused-ring (bicyclic) bond motifs is 5. The Balaban J connectivity index is 1.58. The number of hydrogen-bond acceptors (Lipinski definition) is 5. The van der Waals surface area contributed by atoms with Crippen LogP contribution in [-0.2, 0) is 13.0 Å². The maximum Gasteiger partial charge on any atom is 0.254 e. The number of pyridine rings is 1. The van der Waals surface area contributed by atoms with E-state index in [9.17, 15) is 4.79 Å². The van der Waals surface area contributed by atoms with E-state index in [0.717, 1.165) is 52.6 Å². The number of carbonyl (C=O) groups is 1. The molecule has 0 spiro atoms. The number of nitrogens with one attached hydrogen (secondary N) is 2. The molecule has 0 aliphatic carbocycles. The number of likely N-dealkylation sites (N-methyl/N-ethyl adjacent to an activating group) is 2. The highest BCUT2D eigenvalue weighted by Gasteiger charge is 2.24. The summed E-state index contributed by atoms with van der Waals surface area (Å²) in [5.41, 5.74) is 5.69. The highest BCUT2D eigenvalue weighted by Crippen LogP contribution is 2.37. The number of hydrogen-bond donors (Lipinski definition) is 2. The zero-order valence-electron chi connectivity index (χ0n) is 19.1. The maximum absolute atomic E-state index is 15.0. The first kappa shape index (κ1) is 21.5. The van der Waals surface area contributed by atoms with Crippen molar-refractivity contribution in [2.75, 3.05) is 40.8 Å². The largest absolute Gasteiger partial charge is 0.351 e. The molecule has 1 aliphatic heterocycles. The minimum Gasteiger partial charge on any atom is -0.351 e. The minimum absolute atomic E-state index is 0.0457. The summed E-state index contributed by atoms with van der Waals surface area (Å²) in [5, 5.41) is 12.2. The summed E-state index contributed by atoms with van der Waals surface area (Å²) in [6.45, 7) is 2.83. The van der Waals surface area contributed by atoms with Crippen LogP contribution in [-0.4, -0.2) is 71.7 Å². The molecule has 0 radical (unpaired) electrons.